The SMILES string of the molecule is Cc1ccc(C(=O)NCC2(CCCl)CC2)c(Br)c1. The zero-order valence-corrected chi connectivity index (χ0v) is 12.8. The van der Waals surface area contributed by atoms with E-state index in [2.05, 4.69) is 21.2 Å². The third-order valence-electron chi connectivity index (χ3n) is 3.58. The van der Waals surface area contributed by atoms with Gasteiger partial charge in [-0.1, -0.05) is 6.07 Å². The second-order valence-electron chi connectivity index (χ2n) is 5.10. The van der Waals surface area contributed by atoms with Crippen molar-refractivity contribution < 1.29 is 4.79 Å². The first-order valence-corrected chi connectivity index (χ1v) is 7.49. The molecule has 0 radical (unpaired) electrons. The normalized spacial score (nSPS) is 16.4. The van der Waals surface area contributed by atoms with E-state index < -0.39 is 0 Å². The molecule has 1 aliphatic rings. The number of benzene rings is 1. The standard InChI is InChI=1S/C14H17BrClNO/c1-10-2-3-11(12(15)8-10)13(18)17-9-14(4-5-14)6-7-16/h2-3,8H,4-7,9H2,1H3,(H,17,18). The van der Waals surface area contributed by atoms with Crippen LogP contribution in [0.25, 0.3) is 0 Å². The lowest BCUT2D eigenvalue weighted by Gasteiger charge is -2.15. The summed E-state index contributed by atoms with van der Waals surface area (Å²) in [5, 5.41) is 3.02. The Kier molecular flexibility index (Phi) is 4.33. The summed E-state index contributed by atoms with van der Waals surface area (Å²) >= 11 is 9.21. The van der Waals surface area contributed by atoms with Crippen LogP contribution in [0.1, 0.15) is 35.2 Å². The Morgan fingerprint density at radius 3 is 2.78 bits per heavy atom. The third-order valence-corrected chi connectivity index (χ3v) is 4.42. The van der Waals surface area contributed by atoms with Crippen LogP contribution in [0.3, 0.4) is 0 Å². The Hall–Kier alpha value is -0.540. The molecule has 0 spiro atoms. The Balaban J connectivity index is 1.96. The highest BCUT2D eigenvalue weighted by atomic mass is 79.9. The van der Waals surface area contributed by atoms with Gasteiger partial charge in [0.05, 0.1) is 5.56 Å². The molecule has 1 amide bonds. The number of aryl methyl sites for hydroxylation is 1. The van der Waals surface area contributed by atoms with Gasteiger partial charge < -0.3 is 5.32 Å². The molecule has 0 aliphatic heterocycles. The Bertz CT molecular complexity index is 457. The fourth-order valence-electron chi connectivity index (χ4n) is 2.06. The molecule has 0 saturated heterocycles. The second kappa shape index (κ2) is 5.62. The average Bonchev–Trinajstić information content (AvgIpc) is 3.07. The van der Waals surface area contributed by atoms with E-state index in [0.717, 1.165) is 23.0 Å². The summed E-state index contributed by atoms with van der Waals surface area (Å²) in [6.45, 7) is 2.74. The van der Waals surface area contributed by atoms with Crippen LogP contribution in [-0.2, 0) is 0 Å². The summed E-state index contributed by atoms with van der Waals surface area (Å²) in [4.78, 5) is 12.1. The lowest BCUT2D eigenvalue weighted by atomic mass is 10.0. The number of carbonyl (C=O) groups excluding carboxylic acids is 1. The summed E-state index contributed by atoms with van der Waals surface area (Å²) in [6, 6.07) is 5.77. The minimum Gasteiger partial charge on any atom is -0.351 e. The van der Waals surface area contributed by atoms with Crippen molar-refractivity contribution in [2.24, 2.45) is 5.41 Å². The van der Waals surface area contributed by atoms with Crippen molar-refractivity contribution in [2.75, 3.05) is 12.4 Å². The zero-order valence-electron chi connectivity index (χ0n) is 10.4. The van der Waals surface area contributed by atoms with Crippen LogP contribution in [0.15, 0.2) is 22.7 Å². The topological polar surface area (TPSA) is 29.1 Å². The first kappa shape index (κ1) is 13.9. The molecule has 2 nitrogen and oxygen atoms in total. The zero-order chi connectivity index (χ0) is 13.2. The van der Waals surface area contributed by atoms with Gasteiger partial charge in [0.2, 0.25) is 0 Å². The maximum atomic E-state index is 12.1. The second-order valence-corrected chi connectivity index (χ2v) is 6.34. The quantitative estimate of drug-likeness (QED) is 0.815. The molecule has 0 unspecified atom stereocenters. The molecule has 4 heteroatoms. The lowest BCUT2D eigenvalue weighted by molar-refractivity contribution is 0.0943. The highest BCUT2D eigenvalue weighted by Gasteiger charge is 2.41. The summed E-state index contributed by atoms with van der Waals surface area (Å²) in [5.74, 6) is 0.659. The van der Waals surface area contributed by atoms with Crippen molar-refractivity contribution in [3.63, 3.8) is 0 Å². The van der Waals surface area contributed by atoms with Crippen LogP contribution >= 0.6 is 27.5 Å². The van der Waals surface area contributed by atoms with E-state index in [1.807, 2.05) is 25.1 Å². The van der Waals surface area contributed by atoms with Crippen LogP contribution in [0, 0.1) is 12.3 Å². The molecule has 1 aromatic carbocycles. The van der Waals surface area contributed by atoms with Gasteiger partial charge >= 0.3 is 0 Å². The van der Waals surface area contributed by atoms with Crippen molar-refractivity contribution >= 4 is 33.4 Å². The van der Waals surface area contributed by atoms with Gasteiger partial charge in [0.15, 0.2) is 0 Å². The monoisotopic (exact) mass is 329 g/mol. The Morgan fingerprint density at radius 2 is 2.22 bits per heavy atom. The van der Waals surface area contributed by atoms with Crippen LogP contribution in [0.4, 0.5) is 0 Å². The van der Waals surface area contributed by atoms with E-state index in [0.29, 0.717) is 11.4 Å². The van der Waals surface area contributed by atoms with Gasteiger partial charge in [-0.05, 0) is 65.2 Å². The molecule has 2 rings (SSSR count). The van der Waals surface area contributed by atoms with Crippen LogP contribution < -0.4 is 5.32 Å². The number of amides is 1. The van der Waals surface area contributed by atoms with E-state index in [1.165, 1.54) is 12.8 Å². The predicted octanol–water partition coefficient (Wildman–Crippen LogP) is 3.90. The maximum absolute atomic E-state index is 12.1. The molecule has 0 aromatic heterocycles. The third kappa shape index (κ3) is 3.27. The fourth-order valence-corrected chi connectivity index (χ4v) is 3.13. The summed E-state index contributed by atoms with van der Waals surface area (Å²) < 4.78 is 0.849. The van der Waals surface area contributed by atoms with E-state index in [9.17, 15) is 4.79 Å². The van der Waals surface area contributed by atoms with Crippen molar-refractivity contribution in [3.05, 3.63) is 33.8 Å². The van der Waals surface area contributed by atoms with Gasteiger partial charge in [-0.15, -0.1) is 11.6 Å². The molecule has 0 bridgehead atoms. The number of nitrogens with one attached hydrogen (secondary N) is 1. The molecule has 0 heterocycles. The summed E-state index contributed by atoms with van der Waals surface area (Å²) in [6.07, 6.45) is 3.34. The minimum absolute atomic E-state index is 0.0114. The minimum atomic E-state index is -0.0114. The molecule has 1 fully saturated rings. The number of hydrogen-bond acceptors (Lipinski definition) is 1. The van der Waals surface area contributed by atoms with E-state index in [-0.39, 0.29) is 11.3 Å². The Morgan fingerprint density at radius 1 is 1.50 bits per heavy atom. The molecular weight excluding hydrogens is 314 g/mol. The van der Waals surface area contributed by atoms with Crippen LogP contribution in [0.5, 0.6) is 0 Å². The number of alkyl halides is 1. The van der Waals surface area contributed by atoms with Gasteiger partial charge in [0.1, 0.15) is 0 Å². The van der Waals surface area contributed by atoms with Crippen molar-refractivity contribution in [3.8, 4) is 0 Å². The molecule has 98 valence electrons. The van der Waals surface area contributed by atoms with Crippen molar-refractivity contribution in [1.29, 1.82) is 0 Å². The molecular formula is C14H17BrClNO. The largest absolute Gasteiger partial charge is 0.351 e. The first-order chi connectivity index (χ1) is 8.56. The molecule has 18 heavy (non-hydrogen) atoms. The maximum Gasteiger partial charge on any atom is 0.252 e. The highest BCUT2D eigenvalue weighted by Crippen LogP contribution is 2.48. The number of rotatable bonds is 5. The van der Waals surface area contributed by atoms with E-state index >= 15 is 0 Å². The fraction of sp³-hybridized carbons (Fsp3) is 0.500. The molecule has 1 N–H and O–H groups in total. The Labute approximate surface area is 121 Å². The highest BCUT2D eigenvalue weighted by molar-refractivity contribution is 9.10. The molecule has 1 saturated carbocycles. The molecule has 1 aliphatic carbocycles. The van der Waals surface area contributed by atoms with E-state index in [1.54, 1.807) is 0 Å². The van der Waals surface area contributed by atoms with E-state index in [4.69, 9.17) is 11.6 Å². The van der Waals surface area contributed by atoms with Gasteiger partial charge in [-0.25, -0.2) is 0 Å². The van der Waals surface area contributed by atoms with Crippen LogP contribution in [0.2, 0.25) is 0 Å². The average molecular weight is 331 g/mol. The summed E-state index contributed by atoms with van der Waals surface area (Å²) in [7, 11) is 0. The molecule has 1 aromatic rings. The smallest absolute Gasteiger partial charge is 0.252 e. The summed E-state index contributed by atoms with van der Waals surface area (Å²) in [5.41, 5.74) is 2.11. The van der Waals surface area contributed by atoms with Crippen LogP contribution in [-0.4, -0.2) is 18.3 Å². The number of hydrogen-bond donors (Lipinski definition) is 1. The number of carbonyl (C=O) groups is 1. The van der Waals surface area contributed by atoms with Gasteiger partial charge in [0.25, 0.3) is 5.91 Å². The molecule has 0 atom stereocenters. The first-order valence-electron chi connectivity index (χ1n) is 6.17. The predicted molar refractivity (Wildman–Crippen MR) is 78.2 cm³/mol. The number of halogens is 2. The van der Waals surface area contributed by atoms with Crippen molar-refractivity contribution in [1.82, 2.24) is 5.32 Å². The van der Waals surface area contributed by atoms with Gasteiger partial charge in [-0.2, -0.15) is 0 Å². The lowest BCUT2D eigenvalue weighted by Crippen LogP contribution is -2.30. The van der Waals surface area contributed by atoms with Gasteiger partial charge in [0, 0.05) is 16.9 Å². The van der Waals surface area contributed by atoms with Gasteiger partial charge in [-0.3, -0.25) is 4.79 Å². The van der Waals surface area contributed by atoms with Crippen molar-refractivity contribution in [2.45, 2.75) is 26.2 Å².